The number of ether oxygens (including phenoxy) is 1. The van der Waals surface area contributed by atoms with Gasteiger partial charge in [-0.3, -0.25) is 0 Å². The van der Waals surface area contributed by atoms with Crippen LogP contribution in [0.25, 0.3) is 5.57 Å². The molecule has 0 spiro atoms. The highest BCUT2D eigenvalue weighted by Crippen LogP contribution is 2.44. The highest BCUT2D eigenvalue weighted by Gasteiger charge is 2.28. The Morgan fingerprint density at radius 3 is 2.71 bits per heavy atom. The zero-order valence-corrected chi connectivity index (χ0v) is 10.2. The van der Waals surface area contributed by atoms with Gasteiger partial charge in [-0.25, -0.2) is 4.79 Å². The van der Waals surface area contributed by atoms with E-state index in [0.717, 1.165) is 24.0 Å². The standard InChI is InChI=1S/C13H13ClO3/c1-17-9-4-5-10(12(14)6-9)11(7-13(15)16)8-2-3-8/h4-8H,2-3H2,1H3,(H,15,16)/b11-7+. The Morgan fingerprint density at radius 1 is 1.53 bits per heavy atom. The van der Waals surface area contributed by atoms with Crippen molar-refractivity contribution in [3.05, 3.63) is 34.9 Å². The minimum absolute atomic E-state index is 0.331. The molecule has 2 rings (SSSR count). The molecule has 0 aliphatic heterocycles. The van der Waals surface area contributed by atoms with Crippen molar-refractivity contribution in [3.63, 3.8) is 0 Å². The lowest BCUT2D eigenvalue weighted by Crippen LogP contribution is -1.95. The maximum atomic E-state index is 10.8. The molecule has 0 saturated heterocycles. The molecular weight excluding hydrogens is 240 g/mol. The van der Waals surface area contributed by atoms with E-state index in [1.165, 1.54) is 6.08 Å². The summed E-state index contributed by atoms with van der Waals surface area (Å²) in [6.07, 6.45) is 3.31. The van der Waals surface area contributed by atoms with E-state index in [9.17, 15) is 4.79 Å². The van der Waals surface area contributed by atoms with Gasteiger partial charge in [0.2, 0.25) is 0 Å². The quantitative estimate of drug-likeness (QED) is 0.837. The molecule has 0 aromatic heterocycles. The number of aliphatic carboxylic acids is 1. The molecule has 0 unspecified atom stereocenters. The van der Waals surface area contributed by atoms with E-state index in [-0.39, 0.29) is 0 Å². The predicted octanol–water partition coefficient (Wildman–Crippen LogP) is 3.23. The fraction of sp³-hybridized carbons (Fsp3) is 0.308. The Bertz CT molecular complexity index is 476. The minimum Gasteiger partial charge on any atom is -0.497 e. The van der Waals surface area contributed by atoms with E-state index in [0.29, 0.717) is 16.7 Å². The molecule has 1 saturated carbocycles. The lowest BCUT2D eigenvalue weighted by Gasteiger charge is -2.09. The van der Waals surface area contributed by atoms with Gasteiger partial charge in [0.15, 0.2) is 0 Å². The number of methoxy groups -OCH3 is 1. The summed E-state index contributed by atoms with van der Waals surface area (Å²) in [7, 11) is 1.57. The summed E-state index contributed by atoms with van der Waals surface area (Å²) in [6, 6.07) is 5.31. The van der Waals surface area contributed by atoms with Crippen molar-refractivity contribution in [2.75, 3.05) is 7.11 Å². The molecule has 0 amide bonds. The Hall–Kier alpha value is -1.48. The molecule has 0 radical (unpaired) electrons. The van der Waals surface area contributed by atoms with Crippen LogP contribution in [0, 0.1) is 5.92 Å². The van der Waals surface area contributed by atoms with Crippen LogP contribution < -0.4 is 4.74 Å². The molecule has 1 aromatic carbocycles. The topological polar surface area (TPSA) is 46.5 Å². The lowest BCUT2D eigenvalue weighted by atomic mass is 10.0. The summed E-state index contributed by atoms with van der Waals surface area (Å²) in [5.74, 6) is 0.0694. The van der Waals surface area contributed by atoms with Gasteiger partial charge in [0.25, 0.3) is 0 Å². The lowest BCUT2D eigenvalue weighted by molar-refractivity contribution is -0.131. The number of rotatable bonds is 4. The first kappa shape index (κ1) is 12.0. The summed E-state index contributed by atoms with van der Waals surface area (Å²) in [6.45, 7) is 0. The summed E-state index contributed by atoms with van der Waals surface area (Å²) in [5.41, 5.74) is 1.60. The molecule has 1 aliphatic carbocycles. The van der Waals surface area contributed by atoms with Gasteiger partial charge in [0, 0.05) is 6.08 Å². The van der Waals surface area contributed by atoms with Crippen LogP contribution >= 0.6 is 11.6 Å². The largest absolute Gasteiger partial charge is 0.497 e. The van der Waals surface area contributed by atoms with Crippen molar-refractivity contribution in [1.82, 2.24) is 0 Å². The SMILES string of the molecule is COc1ccc(/C(=C/C(=O)O)C2CC2)c(Cl)c1. The molecule has 4 heteroatoms. The first-order chi connectivity index (χ1) is 8.11. The monoisotopic (exact) mass is 252 g/mol. The van der Waals surface area contributed by atoms with Crippen LogP contribution in [-0.4, -0.2) is 18.2 Å². The minimum atomic E-state index is -0.932. The zero-order chi connectivity index (χ0) is 12.4. The average molecular weight is 253 g/mol. The van der Waals surface area contributed by atoms with Crippen molar-refractivity contribution in [3.8, 4) is 5.75 Å². The molecule has 3 nitrogen and oxygen atoms in total. The zero-order valence-electron chi connectivity index (χ0n) is 9.44. The smallest absolute Gasteiger partial charge is 0.328 e. The van der Waals surface area contributed by atoms with Gasteiger partial charge in [0.05, 0.1) is 12.1 Å². The molecule has 1 aromatic rings. The van der Waals surface area contributed by atoms with Gasteiger partial charge in [0.1, 0.15) is 5.75 Å². The fourth-order valence-electron chi connectivity index (χ4n) is 1.80. The van der Waals surface area contributed by atoms with E-state index < -0.39 is 5.97 Å². The van der Waals surface area contributed by atoms with E-state index in [2.05, 4.69) is 0 Å². The Kier molecular flexibility index (Phi) is 3.38. The maximum Gasteiger partial charge on any atom is 0.328 e. The van der Waals surface area contributed by atoms with Gasteiger partial charge in [-0.2, -0.15) is 0 Å². The van der Waals surface area contributed by atoms with Crippen LogP contribution in [0.1, 0.15) is 18.4 Å². The predicted molar refractivity (Wildman–Crippen MR) is 66.3 cm³/mol. The van der Waals surface area contributed by atoms with Crippen molar-refractivity contribution in [2.45, 2.75) is 12.8 Å². The Balaban J connectivity index is 2.39. The third-order valence-corrected chi connectivity index (χ3v) is 3.10. The number of halogens is 1. The molecule has 90 valence electrons. The number of carbonyl (C=O) groups is 1. The van der Waals surface area contributed by atoms with Gasteiger partial charge in [-0.05, 0) is 48.1 Å². The van der Waals surface area contributed by atoms with Crippen molar-refractivity contribution >= 4 is 23.1 Å². The molecule has 0 atom stereocenters. The third kappa shape index (κ3) is 2.80. The summed E-state index contributed by atoms with van der Waals surface area (Å²) < 4.78 is 5.07. The molecule has 0 heterocycles. The van der Waals surface area contributed by atoms with Crippen molar-refractivity contribution in [2.24, 2.45) is 5.92 Å². The third-order valence-electron chi connectivity index (χ3n) is 2.78. The van der Waals surface area contributed by atoms with Gasteiger partial charge < -0.3 is 9.84 Å². The number of carboxylic acids is 1. The van der Waals surface area contributed by atoms with E-state index in [4.69, 9.17) is 21.4 Å². The first-order valence-electron chi connectivity index (χ1n) is 5.40. The van der Waals surface area contributed by atoms with Gasteiger partial charge in [-0.1, -0.05) is 11.6 Å². The van der Waals surface area contributed by atoms with E-state index >= 15 is 0 Å². The van der Waals surface area contributed by atoms with Crippen LogP contribution in [-0.2, 0) is 4.79 Å². The molecule has 17 heavy (non-hydrogen) atoms. The first-order valence-corrected chi connectivity index (χ1v) is 5.78. The van der Waals surface area contributed by atoms with Crippen LogP contribution in [0.4, 0.5) is 0 Å². The van der Waals surface area contributed by atoms with Gasteiger partial charge in [-0.15, -0.1) is 0 Å². The van der Waals surface area contributed by atoms with Crippen LogP contribution in [0.3, 0.4) is 0 Å². The maximum absolute atomic E-state index is 10.8. The second kappa shape index (κ2) is 4.80. The number of hydrogen-bond acceptors (Lipinski definition) is 2. The highest BCUT2D eigenvalue weighted by molar-refractivity contribution is 6.32. The number of carboxylic acid groups (broad SMARTS) is 1. The van der Waals surface area contributed by atoms with E-state index in [1.54, 1.807) is 19.2 Å². The second-order valence-electron chi connectivity index (χ2n) is 4.06. The normalized spacial score (nSPS) is 15.8. The molecule has 1 aliphatic rings. The van der Waals surface area contributed by atoms with Gasteiger partial charge >= 0.3 is 5.97 Å². The average Bonchev–Trinajstić information content (AvgIpc) is 3.09. The Morgan fingerprint density at radius 2 is 2.24 bits per heavy atom. The molecule has 1 N–H and O–H groups in total. The Labute approximate surface area is 105 Å². The van der Waals surface area contributed by atoms with E-state index in [1.807, 2.05) is 6.07 Å². The van der Waals surface area contributed by atoms with Crippen LogP contribution in [0.2, 0.25) is 5.02 Å². The van der Waals surface area contributed by atoms with Crippen molar-refractivity contribution in [1.29, 1.82) is 0 Å². The summed E-state index contributed by atoms with van der Waals surface area (Å²) in [4.78, 5) is 10.8. The fourth-order valence-corrected chi connectivity index (χ4v) is 2.08. The summed E-state index contributed by atoms with van der Waals surface area (Å²) in [5, 5.41) is 9.40. The molecule has 1 fully saturated rings. The summed E-state index contributed by atoms with van der Waals surface area (Å²) >= 11 is 6.14. The van der Waals surface area contributed by atoms with Crippen LogP contribution in [0.15, 0.2) is 24.3 Å². The number of allylic oxidation sites excluding steroid dienone is 1. The molecular formula is C13H13ClO3. The van der Waals surface area contributed by atoms with Crippen molar-refractivity contribution < 1.29 is 14.6 Å². The van der Waals surface area contributed by atoms with Crippen LogP contribution in [0.5, 0.6) is 5.75 Å². The second-order valence-corrected chi connectivity index (χ2v) is 4.47. The highest BCUT2D eigenvalue weighted by atomic mass is 35.5. The number of benzene rings is 1. The molecule has 0 bridgehead atoms. The number of hydrogen-bond donors (Lipinski definition) is 1.